The molecule has 0 aliphatic rings. The summed E-state index contributed by atoms with van der Waals surface area (Å²) in [5.74, 6) is -0.983. The van der Waals surface area contributed by atoms with Crippen LogP contribution in [0, 0.1) is 0 Å². The minimum absolute atomic E-state index is 0.106. The molecule has 0 heterocycles. The first-order chi connectivity index (χ1) is 36.0. The molecule has 0 spiro atoms. The molecular weight excluding hydrogens is 901 g/mol. The van der Waals surface area contributed by atoms with E-state index < -0.39 is 6.10 Å². The van der Waals surface area contributed by atoms with Crippen LogP contribution in [0.4, 0.5) is 0 Å². The van der Waals surface area contributed by atoms with Crippen molar-refractivity contribution in [2.45, 2.75) is 271 Å². The lowest BCUT2D eigenvalue weighted by molar-refractivity contribution is -0.167. The first kappa shape index (κ1) is 68.8. The Kier molecular flexibility index (Phi) is 56.9. The molecule has 0 amide bonds. The molecule has 0 saturated carbocycles. The summed E-state index contributed by atoms with van der Waals surface area (Å²) in [6.45, 7) is 6.44. The molecule has 6 heteroatoms. The number of hydrogen-bond acceptors (Lipinski definition) is 6. The molecule has 0 aliphatic carbocycles. The van der Waals surface area contributed by atoms with Gasteiger partial charge in [0.15, 0.2) is 6.10 Å². The Morgan fingerprint density at radius 1 is 0.288 bits per heavy atom. The second-order valence-corrected chi connectivity index (χ2v) is 19.5. The molecule has 0 radical (unpaired) electrons. The van der Waals surface area contributed by atoms with Crippen LogP contribution in [0.3, 0.4) is 0 Å². The first-order valence-corrected chi connectivity index (χ1v) is 30.0. The summed E-state index contributed by atoms with van der Waals surface area (Å²) < 4.78 is 16.8. The van der Waals surface area contributed by atoms with Gasteiger partial charge in [-0.25, -0.2) is 0 Å². The van der Waals surface area contributed by atoms with Gasteiger partial charge in [-0.05, 0) is 128 Å². The molecule has 0 N–H and O–H groups in total. The van der Waals surface area contributed by atoms with Crippen molar-refractivity contribution in [2.24, 2.45) is 0 Å². The Hall–Kier alpha value is -4.19. The smallest absolute Gasteiger partial charge is 0.306 e. The van der Waals surface area contributed by atoms with Crippen molar-refractivity contribution >= 4 is 17.9 Å². The Bertz CT molecular complexity index is 1540. The maximum atomic E-state index is 12.9. The molecule has 0 aromatic carbocycles. The topological polar surface area (TPSA) is 78.9 Å². The molecular formula is C67H110O6. The SMILES string of the molecule is CC/C=C\C/C=C\C/C=C\C/C=C\C/C=C\C/C=C\C/C=C\CCCC(=O)OCC(COC(=O)CCCCCCC/C=C\CCCCCCC)OC(=O)CCCCCCCCC/C=C\C/C=C\CCCCCC. The zero-order chi connectivity index (χ0) is 52.9. The maximum absolute atomic E-state index is 12.9. The fourth-order valence-corrected chi connectivity index (χ4v) is 7.93. The molecule has 6 nitrogen and oxygen atoms in total. The van der Waals surface area contributed by atoms with Crippen molar-refractivity contribution in [3.63, 3.8) is 0 Å². The predicted octanol–water partition coefficient (Wildman–Crippen LogP) is 20.4. The number of esters is 3. The Labute approximate surface area is 450 Å². The van der Waals surface area contributed by atoms with E-state index in [4.69, 9.17) is 14.2 Å². The van der Waals surface area contributed by atoms with Crippen LogP contribution >= 0.6 is 0 Å². The average molecular weight is 1010 g/mol. The third-order valence-electron chi connectivity index (χ3n) is 12.4. The van der Waals surface area contributed by atoms with E-state index in [0.717, 1.165) is 116 Å². The summed E-state index contributed by atoms with van der Waals surface area (Å²) in [5, 5.41) is 0. The standard InChI is InChI=1S/C67H110O6/c1-4-7-10-13-16-19-22-25-28-30-32-33-34-35-36-38-39-42-45-48-51-54-57-60-66(69)72-63-64(62-71-65(68)59-56-53-50-47-44-41-27-24-21-18-15-12-9-6-3)73-67(70)61-58-55-52-49-46-43-40-37-31-29-26-23-20-17-14-11-8-5-2/h7,10,16,19-20,23-25,27-29,31-33,35-36,39,42,48,51,64H,4-6,8-9,11-15,17-18,21-22,26,30,34,37-38,40-41,43-47,49-50,52-63H2,1-3H3/b10-7-,19-16-,23-20-,27-24-,28-25-,31-29-,33-32-,36-35-,42-39-,51-48-. The molecule has 0 bridgehead atoms. The van der Waals surface area contributed by atoms with Crippen LogP contribution in [0.15, 0.2) is 122 Å². The van der Waals surface area contributed by atoms with Gasteiger partial charge in [0.05, 0.1) is 0 Å². The second-order valence-electron chi connectivity index (χ2n) is 19.5. The van der Waals surface area contributed by atoms with Gasteiger partial charge >= 0.3 is 17.9 Å². The Morgan fingerprint density at radius 3 is 0.918 bits per heavy atom. The lowest BCUT2D eigenvalue weighted by Crippen LogP contribution is -2.30. The third-order valence-corrected chi connectivity index (χ3v) is 12.4. The van der Waals surface area contributed by atoms with E-state index in [1.165, 1.54) is 103 Å². The van der Waals surface area contributed by atoms with Gasteiger partial charge < -0.3 is 14.2 Å². The summed E-state index contributed by atoms with van der Waals surface area (Å²) in [6, 6.07) is 0. The minimum atomic E-state index is -0.813. The van der Waals surface area contributed by atoms with E-state index in [9.17, 15) is 14.4 Å². The number of hydrogen-bond donors (Lipinski definition) is 0. The van der Waals surface area contributed by atoms with Gasteiger partial charge in [0.25, 0.3) is 0 Å². The predicted molar refractivity (Wildman–Crippen MR) is 316 cm³/mol. The van der Waals surface area contributed by atoms with E-state index in [1.807, 2.05) is 0 Å². The fourth-order valence-electron chi connectivity index (χ4n) is 7.93. The molecule has 0 aliphatic heterocycles. The van der Waals surface area contributed by atoms with Gasteiger partial charge in [-0.2, -0.15) is 0 Å². The largest absolute Gasteiger partial charge is 0.462 e. The van der Waals surface area contributed by atoms with Crippen LogP contribution < -0.4 is 0 Å². The highest BCUT2D eigenvalue weighted by Crippen LogP contribution is 2.14. The third kappa shape index (κ3) is 58.6. The maximum Gasteiger partial charge on any atom is 0.306 e. The van der Waals surface area contributed by atoms with Crippen LogP contribution in [0.2, 0.25) is 0 Å². The highest BCUT2D eigenvalue weighted by Gasteiger charge is 2.19. The van der Waals surface area contributed by atoms with Crippen molar-refractivity contribution in [3.8, 4) is 0 Å². The molecule has 1 atom stereocenters. The van der Waals surface area contributed by atoms with Crippen LogP contribution in [-0.2, 0) is 28.6 Å². The summed E-state index contributed by atoms with van der Waals surface area (Å²) in [6.07, 6.45) is 83.3. The summed E-state index contributed by atoms with van der Waals surface area (Å²) in [4.78, 5) is 38.2. The Balaban J connectivity index is 4.51. The van der Waals surface area contributed by atoms with E-state index in [0.29, 0.717) is 19.3 Å². The number of carbonyl (C=O) groups excluding carboxylic acids is 3. The van der Waals surface area contributed by atoms with Crippen LogP contribution in [0.1, 0.15) is 265 Å². The molecule has 0 fully saturated rings. The number of rotatable bonds is 53. The van der Waals surface area contributed by atoms with Crippen molar-refractivity contribution in [1.29, 1.82) is 0 Å². The summed E-state index contributed by atoms with van der Waals surface area (Å²) in [5.41, 5.74) is 0. The zero-order valence-corrected chi connectivity index (χ0v) is 47.4. The summed E-state index contributed by atoms with van der Waals surface area (Å²) in [7, 11) is 0. The number of allylic oxidation sites excluding steroid dienone is 20. The molecule has 0 aromatic rings. The van der Waals surface area contributed by atoms with E-state index in [2.05, 4.69) is 142 Å². The van der Waals surface area contributed by atoms with Gasteiger partial charge in [0, 0.05) is 19.3 Å². The van der Waals surface area contributed by atoms with Crippen molar-refractivity contribution in [2.75, 3.05) is 13.2 Å². The average Bonchev–Trinajstić information content (AvgIpc) is 3.39. The van der Waals surface area contributed by atoms with E-state index >= 15 is 0 Å². The minimum Gasteiger partial charge on any atom is -0.462 e. The van der Waals surface area contributed by atoms with E-state index in [-0.39, 0.29) is 37.5 Å². The van der Waals surface area contributed by atoms with Crippen LogP contribution in [0.5, 0.6) is 0 Å². The molecule has 414 valence electrons. The highest BCUT2D eigenvalue weighted by molar-refractivity contribution is 5.71. The number of ether oxygens (including phenoxy) is 3. The monoisotopic (exact) mass is 1010 g/mol. The van der Waals surface area contributed by atoms with Crippen molar-refractivity contribution < 1.29 is 28.6 Å². The van der Waals surface area contributed by atoms with Gasteiger partial charge in [0.1, 0.15) is 13.2 Å². The van der Waals surface area contributed by atoms with Gasteiger partial charge in [-0.1, -0.05) is 239 Å². The normalized spacial score (nSPS) is 13.0. The quantitative estimate of drug-likeness (QED) is 0.0261. The lowest BCUT2D eigenvalue weighted by Gasteiger charge is -2.18. The lowest BCUT2D eigenvalue weighted by atomic mass is 10.1. The summed E-state index contributed by atoms with van der Waals surface area (Å²) >= 11 is 0. The van der Waals surface area contributed by atoms with Crippen molar-refractivity contribution in [1.82, 2.24) is 0 Å². The van der Waals surface area contributed by atoms with Crippen molar-refractivity contribution in [3.05, 3.63) is 122 Å². The number of unbranched alkanes of at least 4 members (excludes halogenated alkanes) is 22. The molecule has 0 rings (SSSR count). The van der Waals surface area contributed by atoms with E-state index in [1.54, 1.807) is 0 Å². The van der Waals surface area contributed by atoms with Crippen LogP contribution in [0.25, 0.3) is 0 Å². The highest BCUT2D eigenvalue weighted by atomic mass is 16.6. The number of carbonyl (C=O) groups is 3. The van der Waals surface area contributed by atoms with Gasteiger partial charge in [0.2, 0.25) is 0 Å². The molecule has 0 saturated heterocycles. The van der Waals surface area contributed by atoms with Crippen LogP contribution in [-0.4, -0.2) is 37.2 Å². The molecule has 0 aromatic heterocycles. The first-order valence-electron chi connectivity index (χ1n) is 30.0. The zero-order valence-electron chi connectivity index (χ0n) is 47.4. The van der Waals surface area contributed by atoms with Gasteiger partial charge in [-0.15, -0.1) is 0 Å². The van der Waals surface area contributed by atoms with Gasteiger partial charge in [-0.3, -0.25) is 14.4 Å². The Morgan fingerprint density at radius 2 is 0.548 bits per heavy atom. The fraction of sp³-hybridized carbons (Fsp3) is 0.657. The molecule has 1 unspecified atom stereocenters. The molecule has 73 heavy (non-hydrogen) atoms. The second kappa shape index (κ2) is 60.4.